The van der Waals surface area contributed by atoms with Crippen molar-refractivity contribution in [3.05, 3.63) is 35.4 Å². The molecule has 1 nitrogen and oxygen atoms in total. The highest BCUT2D eigenvalue weighted by Crippen LogP contribution is 2.38. The Morgan fingerprint density at radius 2 is 1.75 bits per heavy atom. The minimum atomic E-state index is -0.511. The maximum Gasteiger partial charge on any atom is 0.130 e. The van der Waals surface area contributed by atoms with Gasteiger partial charge in [0.1, 0.15) is 11.6 Å². The molecule has 2 N–H and O–H groups in total. The first-order valence-corrected chi connectivity index (χ1v) is 7.83. The zero-order valence-corrected chi connectivity index (χ0v) is 12.2. The molecule has 112 valence electrons. The third kappa shape index (κ3) is 3.57. The van der Waals surface area contributed by atoms with Gasteiger partial charge in [-0.3, -0.25) is 0 Å². The predicted octanol–water partition coefficient (Wildman–Crippen LogP) is 4.96. The fourth-order valence-corrected chi connectivity index (χ4v) is 3.39. The quantitative estimate of drug-likeness (QED) is 0.811. The first kappa shape index (κ1) is 15.4. The lowest BCUT2D eigenvalue weighted by molar-refractivity contribution is 0.228. The number of hydrogen-bond acceptors (Lipinski definition) is 1. The normalized spacial score (nSPS) is 24.6. The SMILES string of the molecule is CCCCC1CCC(C(N)c2c(F)cccc2F)CC1. The van der Waals surface area contributed by atoms with E-state index < -0.39 is 17.7 Å². The van der Waals surface area contributed by atoms with E-state index in [2.05, 4.69) is 6.92 Å². The van der Waals surface area contributed by atoms with Gasteiger partial charge in [-0.1, -0.05) is 45.1 Å². The van der Waals surface area contributed by atoms with Crippen molar-refractivity contribution in [1.29, 1.82) is 0 Å². The predicted molar refractivity (Wildman–Crippen MR) is 78.3 cm³/mol. The average molecular weight is 281 g/mol. The van der Waals surface area contributed by atoms with Gasteiger partial charge in [-0.2, -0.15) is 0 Å². The Balaban J connectivity index is 1.96. The summed E-state index contributed by atoms with van der Waals surface area (Å²) in [4.78, 5) is 0. The Hall–Kier alpha value is -0.960. The molecular weight excluding hydrogens is 256 g/mol. The summed E-state index contributed by atoms with van der Waals surface area (Å²) in [7, 11) is 0. The van der Waals surface area contributed by atoms with E-state index in [4.69, 9.17) is 5.73 Å². The second-order valence-corrected chi connectivity index (χ2v) is 6.08. The fourth-order valence-electron chi connectivity index (χ4n) is 3.39. The van der Waals surface area contributed by atoms with E-state index in [0.717, 1.165) is 31.6 Å². The van der Waals surface area contributed by atoms with Gasteiger partial charge in [-0.25, -0.2) is 8.78 Å². The molecule has 0 saturated heterocycles. The number of halogens is 2. The minimum absolute atomic E-state index is 0.0736. The standard InChI is InChI=1S/C17H25F2N/c1-2-3-5-12-8-10-13(11-9-12)17(20)16-14(18)6-4-7-15(16)19/h4,6-7,12-13,17H,2-3,5,8-11,20H2,1H3. The number of nitrogens with two attached hydrogens (primary N) is 1. The monoisotopic (exact) mass is 281 g/mol. The van der Waals surface area contributed by atoms with Crippen LogP contribution < -0.4 is 5.73 Å². The van der Waals surface area contributed by atoms with Crippen molar-refractivity contribution in [2.45, 2.75) is 57.9 Å². The van der Waals surface area contributed by atoms with Crippen molar-refractivity contribution in [1.82, 2.24) is 0 Å². The van der Waals surface area contributed by atoms with Crippen molar-refractivity contribution in [2.75, 3.05) is 0 Å². The van der Waals surface area contributed by atoms with E-state index in [9.17, 15) is 8.78 Å². The van der Waals surface area contributed by atoms with Crippen LogP contribution in [0.5, 0.6) is 0 Å². The molecule has 1 aliphatic carbocycles. The molecule has 1 aliphatic rings. The van der Waals surface area contributed by atoms with Gasteiger partial charge >= 0.3 is 0 Å². The molecule has 0 aliphatic heterocycles. The molecule has 2 rings (SSSR count). The van der Waals surface area contributed by atoms with E-state index in [-0.39, 0.29) is 11.5 Å². The van der Waals surface area contributed by atoms with Gasteiger partial charge in [0, 0.05) is 11.6 Å². The molecule has 1 unspecified atom stereocenters. The van der Waals surface area contributed by atoms with Crippen molar-refractivity contribution in [2.24, 2.45) is 17.6 Å². The highest BCUT2D eigenvalue weighted by atomic mass is 19.1. The molecule has 3 heteroatoms. The molecule has 0 radical (unpaired) electrons. The van der Waals surface area contributed by atoms with E-state index in [0.29, 0.717) is 0 Å². The van der Waals surface area contributed by atoms with E-state index in [1.54, 1.807) is 0 Å². The van der Waals surface area contributed by atoms with Crippen LogP contribution in [0, 0.1) is 23.5 Å². The van der Waals surface area contributed by atoms with Gasteiger partial charge in [0.2, 0.25) is 0 Å². The molecule has 1 aromatic carbocycles. The molecule has 0 aromatic heterocycles. The van der Waals surface area contributed by atoms with Crippen LogP contribution in [-0.2, 0) is 0 Å². The first-order valence-electron chi connectivity index (χ1n) is 7.83. The zero-order valence-electron chi connectivity index (χ0n) is 12.2. The molecule has 1 atom stereocenters. The first-order chi connectivity index (χ1) is 9.63. The number of benzene rings is 1. The molecule has 0 heterocycles. The maximum atomic E-state index is 13.8. The summed E-state index contributed by atoms with van der Waals surface area (Å²) in [5, 5.41) is 0. The highest BCUT2D eigenvalue weighted by molar-refractivity contribution is 5.23. The average Bonchev–Trinajstić information content (AvgIpc) is 2.45. The Morgan fingerprint density at radius 3 is 2.30 bits per heavy atom. The van der Waals surface area contributed by atoms with Crippen LogP contribution in [0.1, 0.15) is 63.5 Å². The van der Waals surface area contributed by atoms with E-state index in [1.165, 1.54) is 37.5 Å². The van der Waals surface area contributed by atoms with Crippen LogP contribution in [0.3, 0.4) is 0 Å². The van der Waals surface area contributed by atoms with Gasteiger partial charge in [-0.05, 0) is 36.8 Å². The summed E-state index contributed by atoms with van der Waals surface area (Å²) in [6.07, 6.45) is 8.07. The minimum Gasteiger partial charge on any atom is -0.324 e. The number of rotatable bonds is 5. The van der Waals surface area contributed by atoms with Gasteiger partial charge < -0.3 is 5.73 Å². The fraction of sp³-hybridized carbons (Fsp3) is 0.647. The highest BCUT2D eigenvalue weighted by Gasteiger charge is 2.29. The smallest absolute Gasteiger partial charge is 0.130 e. The van der Waals surface area contributed by atoms with Gasteiger partial charge in [0.15, 0.2) is 0 Å². The van der Waals surface area contributed by atoms with Crippen LogP contribution in [0.4, 0.5) is 8.78 Å². The largest absolute Gasteiger partial charge is 0.324 e. The van der Waals surface area contributed by atoms with Crippen molar-refractivity contribution >= 4 is 0 Å². The Morgan fingerprint density at radius 1 is 1.15 bits per heavy atom. The number of hydrogen-bond donors (Lipinski definition) is 1. The second-order valence-electron chi connectivity index (χ2n) is 6.08. The lowest BCUT2D eigenvalue weighted by atomic mass is 9.75. The van der Waals surface area contributed by atoms with Gasteiger partial charge in [0.25, 0.3) is 0 Å². The molecule has 1 aromatic rings. The summed E-state index contributed by atoms with van der Waals surface area (Å²) in [5.41, 5.74) is 6.21. The summed E-state index contributed by atoms with van der Waals surface area (Å²) < 4.78 is 27.6. The molecule has 0 amide bonds. The molecule has 1 fully saturated rings. The van der Waals surface area contributed by atoms with Gasteiger partial charge in [-0.15, -0.1) is 0 Å². The van der Waals surface area contributed by atoms with Crippen LogP contribution in [0.25, 0.3) is 0 Å². The van der Waals surface area contributed by atoms with E-state index in [1.807, 2.05) is 0 Å². The van der Waals surface area contributed by atoms with Crippen LogP contribution >= 0.6 is 0 Å². The molecule has 0 bridgehead atoms. The van der Waals surface area contributed by atoms with Crippen LogP contribution in [0.15, 0.2) is 18.2 Å². The topological polar surface area (TPSA) is 26.0 Å². The maximum absolute atomic E-state index is 13.8. The van der Waals surface area contributed by atoms with Gasteiger partial charge in [0.05, 0.1) is 0 Å². The Bertz CT molecular complexity index is 405. The summed E-state index contributed by atoms with van der Waals surface area (Å²) in [5.74, 6) is -0.0284. The lowest BCUT2D eigenvalue weighted by Gasteiger charge is -2.32. The van der Waals surface area contributed by atoms with Crippen molar-refractivity contribution < 1.29 is 8.78 Å². The Kier molecular flexibility index (Phi) is 5.53. The lowest BCUT2D eigenvalue weighted by Crippen LogP contribution is -2.27. The van der Waals surface area contributed by atoms with Crippen molar-refractivity contribution in [3.8, 4) is 0 Å². The van der Waals surface area contributed by atoms with Crippen molar-refractivity contribution in [3.63, 3.8) is 0 Å². The summed E-state index contributed by atoms with van der Waals surface area (Å²) >= 11 is 0. The summed E-state index contributed by atoms with van der Waals surface area (Å²) in [6.45, 7) is 2.21. The Labute approximate surface area is 120 Å². The molecule has 20 heavy (non-hydrogen) atoms. The molecule has 1 saturated carbocycles. The van der Waals surface area contributed by atoms with Crippen LogP contribution in [-0.4, -0.2) is 0 Å². The zero-order chi connectivity index (χ0) is 14.5. The van der Waals surface area contributed by atoms with Crippen LogP contribution in [0.2, 0.25) is 0 Å². The third-order valence-corrected chi connectivity index (χ3v) is 4.70. The number of unbranched alkanes of at least 4 members (excludes halogenated alkanes) is 1. The van der Waals surface area contributed by atoms with E-state index >= 15 is 0 Å². The summed E-state index contributed by atoms with van der Waals surface area (Å²) in [6, 6.07) is 3.47. The second kappa shape index (κ2) is 7.16. The molecule has 0 spiro atoms. The third-order valence-electron chi connectivity index (χ3n) is 4.70. The molecular formula is C17H25F2N.